The van der Waals surface area contributed by atoms with E-state index in [4.69, 9.17) is 14.6 Å². The van der Waals surface area contributed by atoms with Gasteiger partial charge in [-0.05, 0) is 19.8 Å². The first kappa shape index (κ1) is 15.3. The minimum atomic E-state index is -0.329. The van der Waals surface area contributed by atoms with Crippen LogP contribution >= 0.6 is 0 Å². The zero-order chi connectivity index (χ0) is 12.2. The molecule has 0 aliphatic carbocycles. The molecule has 0 aromatic heterocycles. The summed E-state index contributed by atoms with van der Waals surface area (Å²) >= 11 is 0. The molecular weight excluding hydrogens is 210 g/mol. The summed E-state index contributed by atoms with van der Waals surface area (Å²) in [5, 5.41) is 12.0. The molecule has 96 valence electrons. The molecular formula is C11H23NO4. The molecule has 0 saturated carbocycles. The van der Waals surface area contributed by atoms with Gasteiger partial charge in [-0.1, -0.05) is 6.92 Å². The maximum absolute atomic E-state index is 10.9. The lowest BCUT2D eigenvalue weighted by Gasteiger charge is -2.15. The molecule has 0 spiro atoms. The van der Waals surface area contributed by atoms with Gasteiger partial charge in [-0.3, -0.25) is 0 Å². The summed E-state index contributed by atoms with van der Waals surface area (Å²) in [6.45, 7) is 5.56. The second kappa shape index (κ2) is 10.9. The van der Waals surface area contributed by atoms with E-state index in [1.807, 2.05) is 0 Å². The Morgan fingerprint density at radius 3 is 2.75 bits per heavy atom. The molecule has 5 heteroatoms. The van der Waals surface area contributed by atoms with Crippen LogP contribution in [0.15, 0.2) is 0 Å². The average molecular weight is 233 g/mol. The second-order valence-corrected chi connectivity index (χ2v) is 3.43. The normalized spacial score (nSPS) is 12.4. The Bertz CT molecular complexity index is 175. The molecule has 5 nitrogen and oxygen atoms in total. The van der Waals surface area contributed by atoms with E-state index in [9.17, 15) is 4.79 Å². The number of carbonyl (C=O) groups is 1. The van der Waals surface area contributed by atoms with Gasteiger partial charge in [0.05, 0.1) is 13.2 Å². The first-order valence-electron chi connectivity index (χ1n) is 5.82. The minimum absolute atomic E-state index is 0.00626. The van der Waals surface area contributed by atoms with E-state index in [2.05, 4.69) is 12.2 Å². The van der Waals surface area contributed by atoms with Crippen molar-refractivity contribution in [2.24, 2.45) is 0 Å². The van der Waals surface area contributed by atoms with E-state index >= 15 is 0 Å². The molecule has 2 N–H and O–H groups in total. The fourth-order valence-electron chi connectivity index (χ4n) is 1.30. The van der Waals surface area contributed by atoms with Gasteiger partial charge in [0.2, 0.25) is 0 Å². The molecule has 0 aromatic carbocycles. The molecule has 0 radical (unpaired) electrons. The second-order valence-electron chi connectivity index (χ2n) is 3.43. The number of esters is 1. The van der Waals surface area contributed by atoms with Gasteiger partial charge in [-0.25, -0.2) is 4.79 Å². The third-order valence-corrected chi connectivity index (χ3v) is 2.18. The van der Waals surface area contributed by atoms with Gasteiger partial charge in [0.15, 0.2) is 0 Å². The Labute approximate surface area is 97.1 Å². The summed E-state index contributed by atoms with van der Waals surface area (Å²) in [6, 6.07) is 0.316. The number of carbonyl (C=O) groups excluding carboxylic acids is 1. The molecule has 0 saturated heterocycles. The molecule has 0 aromatic rings. The Morgan fingerprint density at radius 2 is 2.19 bits per heavy atom. The minimum Gasteiger partial charge on any atom is -0.464 e. The lowest BCUT2D eigenvalue weighted by molar-refractivity contribution is -0.148. The summed E-state index contributed by atoms with van der Waals surface area (Å²) < 4.78 is 9.83. The van der Waals surface area contributed by atoms with Gasteiger partial charge < -0.3 is 19.9 Å². The zero-order valence-corrected chi connectivity index (χ0v) is 10.2. The molecule has 0 fully saturated rings. The molecule has 0 rings (SSSR count). The summed E-state index contributed by atoms with van der Waals surface area (Å²) in [5.41, 5.74) is 0. The van der Waals surface area contributed by atoms with Crippen LogP contribution in [0.4, 0.5) is 0 Å². The topological polar surface area (TPSA) is 67.8 Å². The van der Waals surface area contributed by atoms with Crippen LogP contribution in [0.5, 0.6) is 0 Å². The molecule has 1 unspecified atom stereocenters. The van der Waals surface area contributed by atoms with Gasteiger partial charge in [0, 0.05) is 19.2 Å². The van der Waals surface area contributed by atoms with Gasteiger partial charge in [-0.2, -0.15) is 0 Å². The molecule has 0 aliphatic rings. The van der Waals surface area contributed by atoms with Crippen LogP contribution in [0.3, 0.4) is 0 Å². The van der Waals surface area contributed by atoms with Crippen LogP contribution in [-0.2, 0) is 14.3 Å². The van der Waals surface area contributed by atoms with Crippen LogP contribution in [0.1, 0.15) is 26.7 Å². The maximum Gasteiger partial charge on any atom is 0.332 e. The van der Waals surface area contributed by atoms with Crippen LogP contribution in [-0.4, -0.2) is 50.1 Å². The maximum atomic E-state index is 10.9. The van der Waals surface area contributed by atoms with E-state index < -0.39 is 0 Å². The van der Waals surface area contributed by atoms with Gasteiger partial charge in [0.1, 0.15) is 6.61 Å². The molecule has 16 heavy (non-hydrogen) atoms. The molecule has 0 heterocycles. The van der Waals surface area contributed by atoms with Crippen molar-refractivity contribution >= 4 is 5.97 Å². The van der Waals surface area contributed by atoms with Gasteiger partial charge in [-0.15, -0.1) is 0 Å². The fourth-order valence-corrected chi connectivity index (χ4v) is 1.30. The third kappa shape index (κ3) is 8.64. The zero-order valence-electron chi connectivity index (χ0n) is 10.2. The Balaban J connectivity index is 3.34. The van der Waals surface area contributed by atoms with Crippen molar-refractivity contribution in [3.8, 4) is 0 Å². The highest BCUT2D eigenvalue weighted by molar-refractivity contribution is 5.70. The molecule has 0 amide bonds. The van der Waals surface area contributed by atoms with Crippen molar-refractivity contribution in [2.75, 3.05) is 33.0 Å². The lowest BCUT2D eigenvalue weighted by atomic mass is 10.1. The lowest BCUT2D eigenvalue weighted by Crippen LogP contribution is -2.32. The number of aliphatic hydroxyl groups is 1. The van der Waals surface area contributed by atoms with Crippen LogP contribution in [0, 0.1) is 0 Å². The van der Waals surface area contributed by atoms with E-state index in [-0.39, 0.29) is 19.2 Å². The van der Waals surface area contributed by atoms with Crippen molar-refractivity contribution in [1.82, 2.24) is 5.32 Å². The average Bonchev–Trinajstić information content (AvgIpc) is 2.27. The number of nitrogens with one attached hydrogen (secondary N) is 1. The number of hydrogen-bond donors (Lipinski definition) is 2. The third-order valence-electron chi connectivity index (χ3n) is 2.18. The number of ether oxygens (including phenoxy) is 2. The first-order valence-corrected chi connectivity index (χ1v) is 5.82. The largest absolute Gasteiger partial charge is 0.464 e. The smallest absolute Gasteiger partial charge is 0.332 e. The predicted molar refractivity (Wildman–Crippen MR) is 61.2 cm³/mol. The highest BCUT2D eigenvalue weighted by atomic mass is 16.6. The Kier molecular flexibility index (Phi) is 10.4. The Morgan fingerprint density at radius 1 is 1.44 bits per heavy atom. The molecule has 0 aliphatic heterocycles. The molecule has 1 atom stereocenters. The summed E-state index contributed by atoms with van der Waals surface area (Å²) in [6.07, 6.45) is 1.72. The fraction of sp³-hybridized carbons (Fsp3) is 0.909. The molecule has 0 bridgehead atoms. The Hall–Kier alpha value is -0.650. The van der Waals surface area contributed by atoms with Crippen molar-refractivity contribution in [3.05, 3.63) is 0 Å². The predicted octanol–water partition coefficient (Wildman–Crippen LogP) is 0.317. The highest BCUT2D eigenvalue weighted by Gasteiger charge is 2.04. The van der Waals surface area contributed by atoms with Crippen molar-refractivity contribution < 1.29 is 19.4 Å². The highest BCUT2D eigenvalue weighted by Crippen LogP contribution is 1.95. The van der Waals surface area contributed by atoms with Crippen LogP contribution in [0.2, 0.25) is 0 Å². The number of rotatable bonds is 10. The van der Waals surface area contributed by atoms with Crippen LogP contribution in [0.25, 0.3) is 0 Å². The summed E-state index contributed by atoms with van der Waals surface area (Å²) in [7, 11) is 0. The first-order chi connectivity index (χ1) is 7.74. The summed E-state index contributed by atoms with van der Waals surface area (Å²) in [5.74, 6) is -0.329. The van der Waals surface area contributed by atoms with E-state index in [0.29, 0.717) is 25.8 Å². The van der Waals surface area contributed by atoms with Gasteiger partial charge >= 0.3 is 5.97 Å². The van der Waals surface area contributed by atoms with Gasteiger partial charge in [0.25, 0.3) is 0 Å². The van der Waals surface area contributed by atoms with E-state index in [1.54, 1.807) is 6.92 Å². The summed E-state index contributed by atoms with van der Waals surface area (Å²) in [4.78, 5) is 10.9. The SMILES string of the molecule is CCOC(=O)COCCNC(CC)CCO. The van der Waals surface area contributed by atoms with Crippen LogP contribution < -0.4 is 5.32 Å². The van der Waals surface area contributed by atoms with Crippen molar-refractivity contribution in [2.45, 2.75) is 32.7 Å². The van der Waals surface area contributed by atoms with Crippen molar-refractivity contribution in [3.63, 3.8) is 0 Å². The van der Waals surface area contributed by atoms with E-state index in [1.165, 1.54) is 0 Å². The quantitative estimate of drug-likeness (QED) is 0.420. The standard InChI is InChI=1S/C11H23NO4/c1-3-10(5-7-13)12-6-8-15-9-11(14)16-4-2/h10,12-13H,3-9H2,1-2H3. The van der Waals surface area contributed by atoms with Crippen molar-refractivity contribution in [1.29, 1.82) is 0 Å². The monoisotopic (exact) mass is 233 g/mol. The number of hydrogen-bond acceptors (Lipinski definition) is 5. The number of aliphatic hydroxyl groups excluding tert-OH is 1. The van der Waals surface area contributed by atoms with E-state index in [0.717, 1.165) is 12.8 Å².